The maximum atomic E-state index is 11.9. The lowest BCUT2D eigenvalue weighted by Gasteiger charge is -1.99. The lowest BCUT2D eigenvalue weighted by Crippen LogP contribution is -2.00. The van der Waals surface area contributed by atoms with E-state index < -0.39 is 0 Å². The van der Waals surface area contributed by atoms with E-state index in [2.05, 4.69) is 0 Å². The van der Waals surface area contributed by atoms with Crippen LogP contribution in [0.25, 0.3) is 11.6 Å². The summed E-state index contributed by atoms with van der Waals surface area (Å²) in [6, 6.07) is 15.6. The Labute approximate surface area is 116 Å². The smallest absolute Gasteiger partial charge is 0.344 e. The minimum absolute atomic E-state index is 0.282. The maximum absolute atomic E-state index is 11.9. The van der Waals surface area contributed by atoms with Gasteiger partial charge in [0.1, 0.15) is 5.75 Å². The molecule has 0 radical (unpaired) electrons. The zero-order chi connectivity index (χ0) is 13.2. The molecule has 2 nitrogen and oxygen atoms in total. The number of hydrogen-bond acceptors (Lipinski definition) is 3. The van der Waals surface area contributed by atoms with Crippen molar-refractivity contribution in [2.45, 2.75) is 4.90 Å². The molecule has 2 aromatic rings. The van der Waals surface area contributed by atoms with E-state index in [1.54, 1.807) is 11.8 Å². The number of carbonyl (C=O) groups is 1. The predicted octanol–water partition coefficient (Wildman–Crippen LogP) is 3.87. The van der Waals surface area contributed by atoms with Gasteiger partial charge in [-0.3, -0.25) is 0 Å². The predicted molar refractivity (Wildman–Crippen MR) is 78.2 cm³/mol. The zero-order valence-electron chi connectivity index (χ0n) is 10.4. The van der Waals surface area contributed by atoms with Crippen LogP contribution in [0.1, 0.15) is 11.1 Å². The first-order valence-electron chi connectivity index (χ1n) is 5.95. The van der Waals surface area contributed by atoms with Gasteiger partial charge in [0.2, 0.25) is 0 Å². The highest BCUT2D eigenvalue weighted by Crippen LogP contribution is 2.35. The molecule has 2 aromatic carbocycles. The molecule has 0 fully saturated rings. The fourth-order valence-corrected chi connectivity index (χ4v) is 2.45. The van der Waals surface area contributed by atoms with Gasteiger partial charge in [0.05, 0.1) is 5.57 Å². The topological polar surface area (TPSA) is 26.3 Å². The number of thioether (sulfide) groups is 1. The van der Waals surface area contributed by atoms with Crippen molar-refractivity contribution in [3.63, 3.8) is 0 Å². The summed E-state index contributed by atoms with van der Waals surface area (Å²) >= 11 is 1.70. The van der Waals surface area contributed by atoms with E-state index in [1.165, 1.54) is 4.90 Å². The molecule has 1 heterocycles. The van der Waals surface area contributed by atoms with Crippen molar-refractivity contribution < 1.29 is 9.53 Å². The molecule has 94 valence electrons. The van der Waals surface area contributed by atoms with Gasteiger partial charge in [-0.15, -0.1) is 11.8 Å². The summed E-state index contributed by atoms with van der Waals surface area (Å²) in [7, 11) is 0. The van der Waals surface area contributed by atoms with Crippen LogP contribution in [0, 0.1) is 0 Å². The van der Waals surface area contributed by atoms with Gasteiger partial charge in [0.15, 0.2) is 0 Å². The van der Waals surface area contributed by atoms with E-state index in [0.29, 0.717) is 11.3 Å². The van der Waals surface area contributed by atoms with Gasteiger partial charge in [0.25, 0.3) is 0 Å². The molecule has 0 spiro atoms. The third-order valence-corrected chi connectivity index (χ3v) is 3.77. The Morgan fingerprint density at radius 3 is 2.53 bits per heavy atom. The molecule has 1 aliphatic rings. The normalized spacial score (nSPS) is 15.4. The number of hydrogen-bond donors (Lipinski definition) is 0. The second-order valence-corrected chi connectivity index (χ2v) is 5.10. The Kier molecular flexibility index (Phi) is 3.13. The highest BCUT2D eigenvalue weighted by atomic mass is 32.2. The molecule has 0 aromatic heterocycles. The highest BCUT2D eigenvalue weighted by molar-refractivity contribution is 7.98. The van der Waals surface area contributed by atoms with Crippen LogP contribution in [0.5, 0.6) is 5.75 Å². The Hall–Kier alpha value is -2.00. The molecular formula is C16H12O2S. The molecule has 0 unspecified atom stereocenters. The third kappa shape index (κ3) is 2.29. The van der Waals surface area contributed by atoms with E-state index in [1.807, 2.05) is 60.9 Å². The lowest BCUT2D eigenvalue weighted by molar-refractivity contribution is -0.126. The van der Waals surface area contributed by atoms with Crippen molar-refractivity contribution in [1.82, 2.24) is 0 Å². The number of fused-ring (bicyclic) bond motifs is 1. The minimum atomic E-state index is -0.282. The molecule has 0 saturated heterocycles. The Morgan fingerprint density at radius 2 is 1.79 bits per heavy atom. The van der Waals surface area contributed by atoms with Gasteiger partial charge in [-0.2, -0.15) is 0 Å². The van der Waals surface area contributed by atoms with Gasteiger partial charge in [-0.1, -0.05) is 30.3 Å². The number of carbonyl (C=O) groups excluding carboxylic acids is 1. The van der Waals surface area contributed by atoms with Gasteiger partial charge >= 0.3 is 5.97 Å². The fraction of sp³-hybridized carbons (Fsp3) is 0.0625. The highest BCUT2D eigenvalue weighted by Gasteiger charge is 2.25. The maximum Gasteiger partial charge on any atom is 0.344 e. The van der Waals surface area contributed by atoms with Crippen molar-refractivity contribution in [2.75, 3.05) is 6.26 Å². The molecule has 19 heavy (non-hydrogen) atoms. The van der Waals surface area contributed by atoms with Crippen molar-refractivity contribution in [1.29, 1.82) is 0 Å². The number of ether oxygens (including phenoxy) is 1. The first kappa shape index (κ1) is 12.1. The Balaban J connectivity index is 2.01. The molecule has 1 aliphatic heterocycles. The van der Waals surface area contributed by atoms with Gasteiger partial charge in [-0.25, -0.2) is 4.79 Å². The standard InChI is InChI=1S/C16H12O2S/c1-19-12-8-6-11(7-9-12)10-14-13-4-2-3-5-15(13)18-16(14)17/h2-10H,1H3/b14-10-. The summed E-state index contributed by atoms with van der Waals surface area (Å²) in [4.78, 5) is 13.1. The molecule has 0 saturated carbocycles. The van der Waals surface area contributed by atoms with E-state index in [-0.39, 0.29) is 5.97 Å². The largest absolute Gasteiger partial charge is 0.422 e. The Bertz CT molecular complexity index is 657. The van der Waals surface area contributed by atoms with Crippen LogP contribution in [0.4, 0.5) is 0 Å². The summed E-state index contributed by atoms with van der Waals surface area (Å²) in [5, 5.41) is 0. The van der Waals surface area contributed by atoms with Crippen LogP contribution in [0.3, 0.4) is 0 Å². The van der Waals surface area contributed by atoms with Crippen molar-refractivity contribution in [2.24, 2.45) is 0 Å². The van der Waals surface area contributed by atoms with Crippen LogP contribution in [0.15, 0.2) is 53.4 Å². The molecule has 0 bridgehead atoms. The first-order chi connectivity index (χ1) is 9.28. The summed E-state index contributed by atoms with van der Waals surface area (Å²) in [5.41, 5.74) is 2.48. The second-order valence-electron chi connectivity index (χ2n) is 4.22. The fourth-order valence-electron chi connectivity index (χ4n) is 2.05. The zero-order valence-corrected chi connectivity index (χ0v) is 11.2. The number of rotatable bonds is 2. The summed E-state index contributed by atoms with van der Waals surface area (Å²) in [6.45, 7) is 0. The summed E-state index contributed by atoms with van der Waals surface area (Å²) < 4.78 is 5.23. The van der Waals surface area contributed by atoms with Gasteiger partial charge in [0, 0.05) is 10.5 Å². The molecule has 0 aliphatic carbocycles. The molecule has 3 rings (SSSR count). The van der Waals surface area contributed by atoms with Gasteiger partial charge < -0.3 is 4.74 Å². The van der Waals surface area contributed by atoms with E-state index in [0.717, 1.165) is 11.1 Å². The molecule has 0 N–H and O–H groups in total. The first-order valence-corrected chi connectivity index (χ1v) is 7.18. The van der Waals surface area contributed by atoms with Crippen LogP contribution in [0.2, 0.25) is 0 Å². The Morgan fingerprint density at radius 1 is 1.05 bits per heavy atom. The van der Waals surface area contributed by atoms with Gasteiger partial charge in [-0.05, 0) is 36.1 Å². The van der Waals surface area contributed by atoms with E-state index >= 15 is 0 Å². The monoisotopic (exact) mass is 268 g/mol. The minimum Gasteiger partial charge on any atom is -0.422 e. The van der Waals surface area contributed by atoms with E-state index in [9.17, 15) is 4.79 Å². The quantitative estimate of drug-likeness (QED) is 0.358. The van der Waals surface area contributed by atoms with Crippen molar-refractivity contribution in [3.8, 4) is 5.75 Å². The van der Waals surface area contributed by atoms with E-state index in [4.69, 9.17) is 4.74 Å². The summed E-state index contributed by atoms with van der Waals surface area (Å²) in [6.07, 6.45) is 3.91. The van der Waals surface area contributed by atoms with Crippen molar-refractivity contribution >= 4 is 29.4 Å². The SMILES string of the molecule is CSc1ccc(/C=C2\C(=O)Oc3ccccc32)cc1. The summed E-state index contributed by atoms with van der Waals surface area (Å²) in [5.74, 6) is 0.356. The van der Waals surface area contributed by atoms with Crippen LogP contribution in [-0.4, -0.2) is 12.2 Å². The number of benzene rings is 2. The number of para-hydroxylation sites is 1. The molecule has 3 heteroatoms. The van der Waals surface area contributed by atoms with Crippen LogP contribution in [-0.2, 0) is 4.79 Å². The van der Waals surface area contributed by atoms with Crippen LogP contribution < -0.4 is 4.74 Å². The second kappa shape index (κ2) is 4.94. The molecule has 0 amide bonds. The average Bonchev–Trinajstić information content (AvgIpc) is 2.76. The van der Waals surface area contributed by atoms with Crippen molar-refractivity contribution in [3.05, 3.63) is 59.7 Å². The molecular weight excluding hydrogens is 256 g/mol. The van der Waals surface area contributed by atoms with Crippen LogP contribution >= 0.6 is 11.8 Å². The average molecular weight is 268 g/mol. The third-order valence-electron chi connectivity index (χ3n) is 3.03. The number of esters is 1. The lowest BCUT2D eigenvalue weighted by atomic mass is 10.0. The molecule has 0 atom stereocenters.